The van der Waals surface area contributed by atoms with Gasteiger partial charge in [0.1, 0.15) is 0 Å². The van der Waals surface area contributed by atoms with Crippen LogP contribution in [-0.2, 0) is 4.74 Å². The molecule has 1 N–H and O–H groups in total. The summed E-state index contributed by atoms with van der Waals surface area (Å²) in [7, 11) is 0. The normalized spacial score (nSPS) is 24.9. The molecule has 4 nitrogen and oxygen atoms in total. The number of ether oxygens (including phenoxy) is 1. The first kappa shape index (κ1) is 14.1. The fourth-order valence-corrected chi connectivity index (χ4v) is 3.02. The lowest BCUT2D eigenvalue weighted by atomic mass is 10.2. The van der Waals surface area contributed by atoms with Crippen molar-refractivity contribution in [1.82, 2.24) is 10.2 Å². The molecular weight excluding hydrogens is 274 g/mol. The maximum atomic E-state index is 5.94. The Hall–Kier alpha value is -0.810. The van der Waals surface area contributed by atoms with Gasteiger partial charge in [-0.05, 0) is 24.3 Å². The summed E-state index contributed by atoms with van der Waals surface area (Å²) in [6.45, 7) is 8.15. The van der Waals surface area contributed by atoms with E-state index in [2.05, 4.69) is 27.2 Å². The largest absolute Gasteiger partial charge is 0.378 e. The SMILES string of the molecule is Clc1ccc(N2CCN(CC3COCCN3)CC2)cc1. The molecule has 1 aromatic rings. The molecular formula is C15H22ClN3O. The Labute approximate surface area is 125 Å². The summed E-state index contributed by atoms with van der Waals surface area (Å²) in [5.41, 5.74) is 1.27. The molecule has 1 aromatic carbocycles. The van der Waals surface area contributed by atoms with E-state index in [0.717, 1.165) is 57.5 Å². The molecule has 0 spiro atoms. The molecule has 2 saturated heterocycles. The third-order valence-electron chi connectivity index (χ3n) is 4.04. The van der Waals surface area contributed by atoms with Crippen molar-refractivity contribution in [3.63, 3.8) is 0 Å². The lowest BCUT2D eigenvalue weighted by molar-refractivity contribution is 0.0610. The van der Waals surface area contributed by atoms with Gasteiger partial charge in [0.05, 0.1) is 13.2 Å². The van der Waals surface area contributed by atoms with E-state index in [1.807, 2.05) is 12.1 Å². The number of rotatable bonds is 3. The Morgan fingerprint density at radius 3 is 2.55 bits per heavy atom. The first-order valence-corrected chi connectivity index (χ1v) is 7.73. The van der Waals surface area contributed by atoms with Crippen molar-refractivity contribution in [3.05, 3.63) is 29.3 Å². The molecule has 2 fully saturated rings. The summed E-state index contributed by atoms with van der Waals surface area (Å²) in [6.07, 6.45) is 0. The van der Waals surface area contributed by atoms with Crippen molar-refractivity contribution in [2.75, 3.05) is 57.4 Å². The molecule has 3 rings (SSSR count). The number of piperazine rings is 1. The predicted octanol–water partition coefficient (Wildman–Crippen LogP) is 1.45. The van der Waals surface area contributed by atoms with Crippen molar-refractivity contribution >= 4 is 17.3 Å². The molecule has 0 radical (unpaired) electrons. The van der Waals surface area contributed by atoms with Crippen LogP contribution in [0.5, 0.6) is 0 Å². The predicted molar refractivity (Wildman–Crippen MR) is 82.7 cm³/mol. The number of hydrogen-bond donors (Lipinski definition) is 1. The second-order valence-electron chi connectivity index (χ2n) is 5.49. The minimum absolute atomic E-state index is 0.492. The molecule has 1 unspecified atom stereocenters. The van der Waals surface area contributed by atoms with Crippen molar-refractivity contribution in [2.24, 2.45) is 0 Å². The van der Waals surface area contributed by atoms with E-state index >= 15 is 0 Å². The summed E-state index contributed by atoms with van der Waals surface area (Å²) in [5, 5.41) is 4.32. The van der Waals surface area contributed by atoms with Gasteiger partial charge in [0.2, 0.25) is 0 Å². The fourth-order valence-electron chi connectivity index (χ4n) is 2.89. The average Bonchev–Trinajstić information content (AvgIpc) is 2.50. The van der Waals surface area contributed by atoms with Crippen LogP contribution in [0.3, 0.4) is 0 Å². The molecule has 1 atom stereocenters. The summed E-state index contributed by atoms with van der Waals surface area (Å²) in [5.74, 6) is 0. The monoisotopic (exact) mass is 295 g/mol. The zero-order valence-corrected chi connectivity index (χ0v) is 12.5. The number of nitrogens with one attached hydrogen (secondary N) is 1. The van der Waals surface area contributed by atoms with Gasteiger partial charge < -0.3 is 15.0 Å². The molecule has 0 amide bonds. The Kier molecular flexibility index (Phi) is 4.78. The van der Waals surface area contributed by atoms with Gasteiger partial charge in [-0.3, -0.25) is 4.90 Å². The third kappa shape index (κ3) is 3.64. The molecule has 2 aliphatic rings. The topological polar surface area (TPSA) is 27.7 Å². The van der Waals surface area contributed by atoms with Crippen molar-refractivity contribution in [3.8, 4) is 0 Å². The fraction of sp³-hybridized carbons (Fsp3) is 0.600. The number of hydrogen-bond acceptors (Lipinski definition) is 4. The first-order chi connectivity index (χ1) is 9.81. The van der Waals surface area contributed by atoms with Crippen LogP contribution in [0.25, 0.3) is 0 Å². The van der Waals surface area contributed by atoms with E-state index in [1.54, 1.807) is 0 Å². The summed E-state index contributed by atoms with van der Waals surface area (Å²) in [4.78, 5) is 4.95. The highest BCUT2D eigenvalue weighted by Gasteiger charge is 2.21. The van der Waals surface area contributed by atoms with Gasteiger partial charge in [-0.1, -0.05) is 11.6 Å². The number of benzene rings is 1. The second-order valence-corrected chi connectivity index (χ2v) is 5.93. The van der Waals surface area contributed by atoms with E-state index in [9.17, 15) is 0 Å². The molecule has 0 aliphatic carbocycles. The second kappa shape index (κ2) is 6.76. The van der Waals surface area contributed by atoms with Crippen LogP contribution < -0.4 is 10.2 Å². The van der Waals surface area contributed by atoms with Crippen LogP contribution in [0.1, 0.15) is 0 Å². The van der Waals surface area contributed by atoms with Crippen LogP contribution in [0.15, 0.2) is 24.3 Å². The minimum atomic E-state index is 0.492. The maximum Gasteiger partial charge on any atom is 0.0632 e. The first-order valence-electron chi connectivity index (χ1n) is 7.35. The van der Waals surface area contributed by atoms with Crippen LogP contribution >= 0.6 is 11.6 Å². The van der Waals surface area contributed by atoms with Crippen LogP contribution in [0, 0.1) is 0 Å². The highest BCUT2D eigenvalue weighted by atomic mass is 35.5. The van der Waals surface area contributed by atoms with Crippen molar-refractivity contribution in [1.29, 1.82) is 0 Å². The van der Waals surface area contributed by atoms with Crippen molar-refractivity contribution in [2.45, 2.75) is 6.04 Å². The lowest BCUT2D eigenvalue weighted by Gasteiger charge is -2.38. The number of anilines is 1. The molecule has 0 saturated carbocycles. The Balaban J connectivity index is 1.47. The molecule has 2 heterocycles. The third-order valence-corrected chi connectivity index (χ3v) is 4.29. The number of morpholine rings is 1. The molecule has 0 bridgehead atoms. The Morgan fingerprint density at radius 1 is 1.15 bits per heavy atom. The average molecular weight is 296 g/mol. The zero-order chi connectivity index (χ0) is 13.8. The van der Waals surface area contributed by atoms with E-state index in [-0.39, 0.29) is 0 Å². The zero-order valence-electron chi connectivity index (χ0n) is 11.7. The van der Waals surface area contributed by atoms with E-state index in [0.29, 0.717) is 6.04 Å². The van der Waals surface area contributed by atoms with Gasteiger partial charge in [0, 0.05) is 56.0 Å². The summed E-state index contributed by atoms with van der Waals surface area (Å²) in [6, 6.07) is 8.63. The number of nitrogens with zero attached hydrogens (tertiary/aromatic N) is 2. The van der Waals surface area contributed by atoms with Gasteiger partial charge in [0.15, 0.2) is 0 Å². The maximum absolute atomic E-state index is 5.94. The van der Waals surface area contributed by atoms with Crippen molar-refractivity contribution < 1.29 is 4.74 Å². The Morgan fingerprint density at radius 2 is 1.90 bits per heavy atom. The van der Waals surface area contributed by atoms with Gasteiger partial charge >= 0.3 is 0 Å². The molecule has 2 aliphatic heterocycles. The molecule has 20 heavy (non-hydrogen) atoms. The summed E-state index contributed by atoms with van der Waals surface area (Å²) < 4.78 is 5.51. The van der Waals surface area contributed by atoms with Crippen LogP contribution in [0.2, 0.25) is 5.02 Å². The highest BCUT2D eigenvalue weighted by molar-refractivity contribution is 6.30. The van der Waals surface area contributed by atoms with Gasteiger partial charge in [0.25, 0.3) is 0 Å². The van der Waals surface area contributed by atoms with Gasteiger partial charge in [-0.2, -0.15) is 0 Å². The number of halogens is 1. The Bertz CT molecular complexity index is 412. The molecule has 5 heteroatoms. The van der Waals surface area contributed by atoms with E-state index in [4.69, 9.17) is 16.3 Å². The molecule has 0 aromatic heterocycles. The lowest BCUT2D eigenvalue weighted by Crippen LogP contribution is -2.53. The van der Waals surface area contributed by atoms with Crippen LogP contribution in [0.4, 0.5) is 5.69 Å². The van der Waals surface area contributed by atoms with Gasteiger partial charge in [-0.15, -0.1) is 0 Å². The quantitative estimate of drug-likeness (QED) is 0.913. The van der Waals surface area contributed by atoms with E-state index in [1.165, 1.54) is 5.69 Å². The van der Waals surface area contributed by atoms with Gasteiger partial charge in [-0.25, -0.2) is 0 Å². The van der Waals surface area contributed by atoms with E-state index < -0.39 is 0 Å². The highest BCUT2D eigenvalue weighted by Crippen LogP contribution is 2.19. The summed E-state index contributed by atoms with van der Waals surface area (Å²) >= 11 is 5.94. The molecule has 110 valence electrons. The van der Waals surface area contributed by atoms with Crippen LogP contribution in [-0.4, -0.2) is 63.4 Å². The standard InChI is InChI=1S/C15H22ClN3O/c16-13-1-3-15(4-2-13)19-8-6-18(7-9-19)11-14-12-20-10-5-17-14/h1-4,14,17H,5-12H2. The minimum Gasteiger partial charge on any atom is -0.378 e. The smallest absolute Gasteiger partial charge is 0.0632 e.